The van der Waals surface area contributed by atoms with E-state index < -0.39 is 0 Å². The second-order valence-corrected chi connectivity index (χ2v) is 14.1. The van der Waals surface area contributed by atoms with Gasteiger partial charge < -0.3 is 29.7 Å². The molecule has 1 saturated heterocycles. The molecule has 2 bridgehead atoms. The second-order valence-electron chi connectivity index (χ2n) is 14.1. The molecule has 3 atom stereocenters. The molecule has 1 heterocycles. The lowest BCUT2D eigenvalue weighted by Crippen LogP contribution is -2.59. The summed E-state index contributed by atoms with van der Waals surface area (Å²) >= 11 is 0. The number of carbonyl (C=O) groups excluding carboxylic acids is 1. The molecule has 0 spiro atoms. The number of benzene rings is 4. The van der Waals surface area contributed by atoms with Gasteiger partial charge in [-0.3, -0.25) is 4.79 Å². The number of phenols is 1. The zero-order chi connectivity index (χ0) is 35.5. The number of ether oxygens (including phenoxy) is 2. The maximum atomic E-state index is 10.5. The maximum absolute atomic E-state index is 10.5. The first-order valence-corrected chi connectivity index (χ1v) is 18.0. The van der Waals surface area contributed by atoms with E-state index in [0.29, 0.717) is 11.1 Å². The van der Waals surface area contributed by atoms with Crippen LogP contribution in [0.4, 0.5) is 5.69 Å². The van der Waals surface area contributed by atoms with E-state index in [0.717, 1.165) is 30.9 Å². The standard InChI is InChI=1S/C18H25NO.C17H21NO.C8H9NO2/c1-19-10-9-18-8-4-3-5-15(18)17(19)11-13-6-7-14(20-2)12-16(13)18;1-18(2)13-14-19-17(15-9-5-3-6-10-15)16-11-7-4-8-12-16;1-6(10)9-7-2-4-8(11)5-3-7/h6-7,12,15,17H,3-5,8-11H2,1-2H3;3-12,17H,13-14H2,1-2H3;2-5,11H,1H3,(H,9,10)/t15-,17+,18+;;/m1../s1. The Labute approximate surface area is 299 Å². The SMILES string of the molecule is CC(=O)Nc1ccc(O)cc1.CN(C)CCOC(c1ccccc1)c1ccccc1.COc1ccc2c(c1)[C@]13CCCC[C@@H]1[C@H](C2)N(C)CC3. The maximum Gasteiger partial charge on any atom is 0.221 e. The van der Waals surface area contributed by atoms with E-state index in [2.05, 4.69) is 103 Å². The van der Waals surface area contributed by atoms with E-state index >= 15 is 0 Å². The number of carbonyl (C=O) groups is 1. The molecule has 7 nitrogen and oxygen atoms in total. The summed E-state index contributed by atoms with van der Waals surface area (Å²) in [7, 11) is 8.24. The molecule has 0 unspecified atom stereocenters. The van der Waals surface area contributed by atoms with Crippen LogP contribution in [0.25, 0.3) is 0 Å². The van der Waals surface area contributed by atoms with Gasteiger partial charge in [-0.25, -0.2) is 0 Å². The van der Waals surface area contributed by atoms with Gasteiger partial charge in [0.1, 0.15) is 17.6 Å². The molecule has 4 aromatic carbocycles. The number of nitrogens with zero attached hydrogens (tertiary/aromatic N) is 2. The summed E-state index contributed by atoms with van der Waals surface area (Å²) in [5, 5.41) is 11.5. The summed E-state index contributed by atoms with van der Waals surface area (Å²) in [5.74, 6) is 1.99. The number of hydrogen-bond donors (Lipinski definition) is 2. The lowest BCUT2D eigenvalue weighted by Gasteiger charge is -2.58. The van der Waals surface area contributed by atoms with Crippen molar-refractivity contribution in [2.24, 2.45) is 5.92 Å². The minimum atomic E-state index is -0.115. The Morgan fingerprint density at radius 2 is 1.60 bits per heavy atom. The van der Waals surface area contributed by atoms with Crippen LogP contribution in [-0.4, -0.2) is 74.8 Å². The van der Waals surface area contributed by atoms with Gasteiger partial charge in [-0.2, -0.15) is 0 Å². The number of hydrogen-bond acceptors (Lipinski definition) is 6. The molecule has 1 amide bonds. The highest BCUT2D eigenvalue weighted by Gasteiger charge is 2.53. The topological polar surface area (TPSA) is 74.3 Å². The van der Waals surface area contributed by atoms with Crippen LogP contribution in [0.3, 0.4) is 0 Å². The van der Waals surface area contributed by atoms with Gasteiger partial charge in [0.05, 0.1) is 13.7 Å². The van der Waals surface area contributed by atoms with E-state index in [1.165, 1.54) is 75.3 Å². The molecule has 4 aromatic rings. The molecule has 2 N–H and O–H groups in total. The fourth-order valence-electron chi connectivity index (χ4n) is 8.04. The molecule has 0 aromatic heterocycles. The summed E-state index contributed by atoms with van der Waals surface area (Å²) in [6.45, 7) is 4.35. The molecule has 2 fully saturated rings. The number of amides is 1. The van der Waals surface area contributed by atoms with E-state index in [9.17, 15) is 4.79 Å². The second kappa shape index (κ2) is 17.7. The van der Waals surface area contributed by atoms with E-state index in [4.69, 9.17) is 14.6 Å². The number of likely N-dealkylation sites (N-methyl/N-ethyl adjacent to an activating group) is 2. The number of nitrogens with one attached hydrogen (secondary N) is 1. The highest BCUT2D eigenvalue weighted by molar-refractivity contribution is 5.88. The summed E-state index contributed by atoms with van der Waals surface area (Å²) < 4.78 is 11.6. The van der Waals surface area contributed by atoms with Crippen LogP contribution < -0.4 is 10.1 Å². The van der Waals surface area contributed by atoms with Crippen LogP contribution in [-0.2, 0) is 21.4 Å². The Balaban J connectivity index is 0.000000152. The molecule has 1 saturated carbocycles. The number of rotatable bonds is 8. The number of phenolic OH excluding ortho intramolecular Hbond substituents is 1. The van der Waals surface area contributed by atoms with Crippen molar-refractivity contribution in [3.05, 3.63) is 125 Å². The van der Waals surface area contributed by atoms with Crippen LogP contribution in [0.5, 0.6) is 11.5 Å². The van der Waals surface area contributed by atoms with Crippen molar-refractivity contribution in [1.29, 1.82) is 0 Å². The highest BCUT2D eigenvalue weighted by Crippen LogP contribution is 2.55. The van der Waals surface area contributed by atoms with Crippen molar-refractivity contribution in [1.82, 2.24) is 9.80 Å². The molecule has 50 heavy (non-hydrogen) atoms. The molecular formula is C43H55N3O4. The lowest BCUT2D eigenvalue weighted by molar-refractivity contribution is -0.114. The van der Waals surface area contributed by atoms with E-state index in [1.54, 1.807) is 30.4 Å². The number of anilines is 1. The number of likely N-dealkylation sites (tertiary alicyclic amines) is 1. The monoisotopic (exact) mass is 677 g/mol. The number of fused-ring (bicyclic) bond motifs is 1. The van der Waals surface area contributed by atoms with Crippen LogP contribution in [0.1, 0.15) is 67.4 Å². The molecular weight excluding hydrogens is 622 g/mol. The van der Waals surface area contributed by atoms with E-state index in [1.807, 2.05) is 12.1 Å². The Kier molecular flexibility index (Phi) is 13.1. The van der Waals surface area contributed by atoms with Crippen LogP contribution in [0, 0.1) is 5.92 Å². The third-order valence-corrected chi connectivity index (χ3v) is 10.5. The summed E-state index contributed by atoms with van der Waals surface area (Å²) in [6.07, 6.45) is 8.24. The number of methoxy groups -OCH3 is 1. The van der Waals surface area contributed by atoms with Crippen LogP contribution in [0.15, 0.2) is 103 Å². The van der Waals surface area contributed by atoms with Gasteiger partial charge in [-0.1, -0.05) is 79.6 Å². The quantitative estimate of drug-likeness (QED) is 0.184. The van der Waals surface area contributed by atoms with E-state index in [-0.39, 0.29) is 17.8 Å². The van der Waals surface area contributed by atoms with Gasteiger partial charge in [0.2, 0.25) is 5.91 Å². The van der Waals surface area contributed by atoms with Gasteiger partial charge in [0.25, 0.3) is 0 Å². The smallest absolute Gasteiger partial charge is 0.221 e. The largest absolute Gasteiger partial charge is 0.508 e. The predicted octanol–water partition coefficient (Wildman–Crippen LogP) is 8.09. The summed E-state index contributed by atoms with van der Waals surface area (Å²) in [6, 6.07) is 34.7. The average Bonchev–Trinajstić information content (AvgIpc) is 3.13. The fourth-order valence-corrected chi connectivity index (χ4v) is 8.04. The molecule has 266 valence electrons. The first kappa shape index (κ1) is 37.1. The minimum absolute atomic E-state index is 0.0161. The number of aromatic hydroxyl groups is 1. The minimum Gasteiger partial charge on any atom is -0.508 e. The average molecular weight is 678 g/mol. The molecule has 7 heteroatoms. The van der Waals surface area contributed by atoms with Crippen molar-refractivity contribution in [3.63, 3.8) is 0 Å². The fraction of sp³-hybridized carbons (Fsp3) is 0.419. The van der Waals surface area contributed by atoms with Gasteiger partial charge in [0, 0.05) is 30.6 Å². The Hall–Kier alpha value is -4.17. The molecule has 7 rings (SSSR count). The van der Waals surface area contributed by atoms with Gasteiger partial charge >= 0.3 is 0 Å². The Morgan fingerprint density at radius 1 is 0.940 bits per heavy atom. The lowest BCUT2D eigenvalue weighted by atomic mass is 9.52. The van der Waals surface area contributed by atoms with Gasteiger partial charge in [-0.05, 0) is 118 Å². The Bertz CT molecular complexity index is 1590. The van der Waals surface area contributed by atoms with Crippen LogP contribution >= 0.6 is 0 Å². The Morgan fingerprint density at radius 3 is 2.20 bits per heavy atom. The van der Waals surface area contributed by atoms with Crippen molar-refractivity contribution in [3.8, 4) is 11.5 Å². The van der Waals surface area contributed by atoms with Gasteiger partial charge in [0.15, 0.2) is 0 Å². The number of piperidine rings is 1. The first-order chi connectivity index (χ1) is 24.2. The zero-order valence-corrected chi connectivity index (χ0v) is 30.5. The third kappa shape index (κ3) is 9.33. The van der Waals surface area contributed by atoms with Gasteiger partial charge in [-0.15, -0.1) is 0 Å². The van der Waals surface area contributed by atoms with Crippen molar-refractivity contribution < 1.29 is 19.4 Å². The van der Waals surface area contributed by atoms with Crippen LogP contribution in [0.2, 0.25) is 0 Å². The molecule has 2 aliphatic carbocycles. The third-order valence-electron chi connectivity index (χ3n) is 10.5. The summed E-state index contributed by atoms with van der Waals surface area (Å²) in [4.78, 5) is 15.3. The molecule has 0 radical (unpaired) electrons. The van der Waals surface area contributed by atoms with Crippen molar-refractivity contribution in [2.75, 3.05) is 53.3 Å². The summed E-state index contributed by atoms with van der Waals surface area (Å²) in [5.41, 5.74) is 6.76. The van der Waals surface area contributed by atoms with Crippen molar-refractivity contribution in [2.45, 2.75) is 63.0 Å². The molecule has 1 aliphatic heterocycles. The molecule has 3 aliphatic rings. The van der Waals surface area contributed by atoms with Crippen molar-refractivity contribution >= 4 is 11.6 Å². The zero-order valence-electron chi connectivity index (χ0n) is 30.5. The first-order valence-electron chi connectivity index (χ1n) is 18.0. The normalized spacial score (nSPS) is 20.7. The highest BCUT2D eigenvalue weighted by atomic mass is 16.5. The predicted molar refractivity (Wildman–Crippen MR) is 203 cm³/mol.